The summed E-state index contributed by atoms with van der Waals surface area (Å²) in [5, 5.41) is 23.3. The Morgan fingerprint density at radius 1 is 1.06 bits per heavy atom. The highest BCUT2D eigenvalue weighted by Crippen LogP contribution is 2.34. The molecule has 12 heteroatoms. The van der Waals surface area contributed by atoms with Crippen molar-refractivity contribution in [3.05, 3.63) is 75.0 Å². The van der Waals surface area contributed by atoms with E-state index in [1.165, 1.54) is 18.2 Å². The third-order valence-electron chi connectivity index (χ3n) is 4.44. The molecule has 2 heterocycles. The number of aliphatic hydroxyl groups excluding tert-OH is 1. The van der Waals surface area contributed by atoms with Gasteiger partial charge in [0, 0.05) is 5.56 Å². The Morgan fingerprint density at radius 2 is 1.77 bits per heavy atom. The molecule has 0 aliphatic heterocycles. The molecule has 4 rings (SSSR count). The zero-order valence-electron chi connectivity index (χ0n) is 15.1. The molecule has 2 aromatic carbocycles. The van der Waals surface area contributed by atoms with Crippen LogP contribution in [0, 0.1) is 34.6 Å². The molecule has 4 aromatic rings. The third kappa shape index (κ3) is 3.28. The van der Waals surface area contributed by atoms with Gasteiger partial charge in [-0.2, -0.15) is 9.78 Å². The van der Waals surface area contributed by atoms with Gasteiger partial charge in [-0.05, 0) is 40.2 Å². The first-order valence-electron chi connectivity index (χ1n) is 8.46. The lowest BCUT2D eigenvalue weighted by atomic mass is 10.1. The monoisotopic (exact) mass is 492 g/mol. The van der Waals surface area contributed by atoms with Crippen molar-refractivity contribution in [1.82, 2.24) is 19.6 Å². The van der Waals surface area contributed by atoms with Crippen molar-refractivity contribution in [2.75, 3.05) is 5.73 Å². The lowest BCUT2D eigenvalue weighted by Crippen LogP contribution is -2.10. The fourth-order valence-electron chi connectivity index (χ4n) is 2.96. The van der Waals surface area contributed by atoms with Gasteiger partial charge in [0.15, 0.2) is 23.1 Å². The second-order valence-corrected chi connectivity index (χ2v) is 7.07. The van der Waals surface area contributed by atoms with Gasteiger partial charge in [0.2, 0.25) is 5.95 Å². The normalized spacial score (nSPS) is 12.2. The number of anilines is 1. The predicted molar refractivity (Wildman–Crippen MR) is 103 cm³/mol. The van der Waals surface area contributed by atoms with Gasteiger partial charge in [-0.3, -0.25) is 0 Å². The lowest BCUT2D eigenvalue weighted by molar-refractivity contribution is 0.197. The Labute approximate surface area is 179 Å². The van der Waals surface area contributed by atoms with Gasteiger partial charge >= 0.3 is 0 Å². The topological polar surface area (TPSA) is 113 Å². The van der Waals surface area contributed by atoms with Gasteiger partial charge in [0.25, 0.3) is 0 Å². The smallest absolute Gasteiger partial charge is 0.223 e. The minimum Gasteiger partial charge on any atom is -0.380 e. The van der Waals surface area contributed by atoms with Crippen LogP contribution in [0.2, 0.25) is 0 Å². The fraction of sp³-hybridized carbons (Fsp3) is 0.0526. The summed E-state index contributed by atoms with van der Waals surface area (Å²) in [6.07, 6.45) is -2.07. The molecule has 0 amide bonds. The first-order chi connectivity index (χ1) is 14.7. The number of aliphatic hydroxyl groups is 1. The van der Waals surface area contributed by atoms with E-state index in [4.69, 9.17) is 11.0 Å². The summed E-state index contributed by atoms with van der Waals surface area (Å²) in [4.78, 5) is 8.07. The number of nitrogen functional groups attached to an aromatic ring is 1. The van der Waals surface area contributed by atoms with Gasteiger partial charge in [-0.1, -0.05) is 6.07 Å². The van der Waals surface area contributed by atoms with E-state index in [0.717, 1.165) is 4.52 Å². The fourth-order valence-corrected chi connectivity index (χ4v) is 3.52. The number of hydrogen-bond acceptors (Lipinski definition) is 6. The molecule has 0 spiro atoms. The van der Waals surface area contributed by atoms with Crippen molar-refractivity contribution < 1.29 is 22.7 Å². The summed E-state index contributed by atoms with van der Waals surface area (Å²) in [6, 6.07) is 7.03. The second-order valence-electron chi connectivity index (χ2n) is 6.28. The van der Waals surface area contributed by atoms with Gasteiger partial charge in [-0.15, -0.1) is 5.10 Å². The third-order valence-corrected chi connectivity index (χ3v) is 5.17. The van der Waals surface area contributed by atoms with Crippen molar-refractivity contribution in [3.63, 3.8) is 0 Å². The number of nitrogens with zero attached hydrogens (tertiary/aromatic N) is 5. The summed E-state index contributed by atoms with van der Waals surface area (Å²) in [5.74, 6) is -5.79. The standard InChI is InChI=1S/C19H9BrF4N6O/c20-12-15(8-3-1-2-7(6-25)13(8)23)27-19(26)30-18(12)28-17(29-30)16(31)11-9(21)4-5-10(22)14(11)24/h1-5,16,31H,(H2,26,27). The highest BCUT2D eigenvalue weighted by Gasteiger charge is 2.28. The van der Waals surface area contributed by atoms with Crippen molar-refractivity contribution in [1.29, 1.82) is 5.26 Å². The maximum absolute atomic E-state index is 14.6. The number of aromatic nitrogens is 4. The zero-order valence-corrected chi connectivity index (χ0v) is 16.7. The molecule has 7 nitrogen and oxygen atoms in total. The van der Waals surface area contributed by atoms with Crippen LogP contribution in [0.15, 0.2) is 34.8 Å². The summed E-state index contributed by atoms with van der Waals surface area (Å²) in [6.45, 7) is 0. The summed E-state index contributed by atoms with van der Waals surface area (Å²) in [5.41, 5.74) is 4.53. The average molecular weight is 493 g/mol. The number of halogens is 5. The maximum atomic E-state index is 14.6. The molecule has 156 valence electrons. The quantitative estimate of drug-likeness (QED) is 0.333. The summed E-state index contributed by atoms with van der Waals surface area (Å²) < 4.78 is 57.3. The minimum absolute atomic E-state index is 0.0174. The van der Waals surface area contributed by atoms with Crippen LogP contribution < -0.4 is 5.73 Å². The number of benzene rings is 2. The number of rotatable bonds is 3. The molecular weight excluding hydrogens is 484 g/mol. The number of fused-ring (bicyclic) bond motifs is 1. The largest absolute Gasteiger partial charge is 0.380 e. The minimum atomic E-state index is -2.07. The Bertz CT molecular complexity index is 1400. The van der Waals surface area contributed by atoms with Crippen LogP contribution in [0.5, 0.6) is 0 Å². The zero-order chi connectivity index (χ0) is 22.4. The van der Waals surface area contributed by atoms with Crippen LogP contribution >= 0.6 is 15.9 Å². The number of hydrogen-bond donors (Lipinski definition) is 2. The van der Waals surface area contributed by atoms with E-state index in [0.29, 0.717) is 12.1 Å². The SMILES string of the molecule is N#Cc1cccc(-c2nc(N)n3nc(C(O)c4c(F)ccc(F)c4F)nc3c2Br)c1F. The van der Waals surface area contributed by atoms with E-state index in [1.54, 1.807) is 6.07 Å². The highest BCUT2D eigenvalue weighted by molar-refractivity contribution is 9.10. The second kappa shape index (κ2) is 7.60. The predicted octanol–water partition coefficient (Wildman–Crippen LogP) is 3.65. The molecule has 31 heavy (non-hydrogen) atoms. The molecule has 0 saturated carbocycles. The van der Waals surface area contributed by atoms with E-state index >= 15 is 0 Å². The van der Waals surface area contributed by atoms with Crippen LogP contribution in [0.1, 0.15) is 23.1 Å². The van der Waals surface area contributed by atoms with Gasteiger partial charge in [-0.25, -0.2) is 27.5 Å². The molecule has 0 fully saturated rings. The average Bonchev–Trinajstić information content (AvgIpc) is 3.20. The Morgan fingerprint density at radius 3 is 2.48 bits per heavy atom. The number of nitriles is 1. The Balaban J connectivity index is 1.91. The molecule has 0 bridgehead atoms. The van der Waals surface area contributed by atoms with Crippen LogP contribution in [0.4, 0.5) is 23.5 Å². The molecule has 1 atom stereocenters. The summed E-state index contributed by atoms with van der Waals surface area (Å²) in [7, 11) is 0. The van der Waals surface area contributed by atoms with Crippen LogP contribution in [-0.4, -0.2) is 24.7 Å². The molecule has 3 N–H and O–H groups in total. The Hall–Kier alpha value is -3.56. The van der Waals surface area contributed by atoms with E-state index in [9.17, 15) is 22.7 Å². The van der Waals surface area contributed by atoms with E-state index in [1.807, 2.05) is 0 Å². The number of nitrogens with two attached hydrogens (primary N) is 1. The molecule has 0 aliphatic carbocycles. The van der Waals surface area contributed by atoms with Crippen LogP contribution in [-0.2, 0) is 0 Å². The van der Waals surface area contributed by atoms with Crippen molar-refractivity contribution in [2.24, 2.45) is 0 Å². The summed E-state index contributed by atoms with van der Waals surface area (Å²) >= 11 is 3.21. The Kier molecular flexibility index (Phi) is 5.08. The molecule has 0 aliphatic rings. The van der Waals surface area contributed by atoms with Gasteiger partial charge in [0.1, 0.15) is 23.8 Å². The highest BCUT2D eigenvalue weighted by atomic mass is 79.9. The van der Waals surface area contributed by atoms with Gasteiger partial charge in [0.05, 0.1) is 21.3 Å². The van der Waals surface area contributed by atoms with E-state index < -0.39 is 40.8 Å². The lowest BCUT2D eigenvalue weighted by Gasteiger charge is -2.09. The molecule has 2 aromatic heterocycles. The van der Waals surface area contributed by atoms with Crippen molar-refractivity contribution in [2.45, 2.75) is 6.10 Å². The van der Waals surface area contributed by atoms with E-state index in [2.05, 4.69) is 31.0 Å². The molecular formula is C19H9BrF4N6O. The first-order valence-corrected chi connectivity index (χ1v) is 9.26. The van der Waals surface area contributed by atoms with Crippen LogP contribution in [0.25, 0.3) is 16.9 Å². The first kappa shape index (κ1) is 20.7. The molecule has 0 radical (unpaired) electrons. The van der Waals surface area contributed by atoms with Crippen molar-refractivity contribution in [3.8, 4) is 17.3 Å². The maximum Gasteiger partial charge on any atom is 0.223 e. The van der Waals surface area contributed by atoms with Crippen molar-refractivity contribution >= 4 is 27.5 Å². The van der Waals surface area contributed by atoms with Crippen LogP contribution in [0.3, 0.4) is 0 Å². The molecule has 0 saturated heterocycles. The van der Waals surface area contributed by atoms with E-state index in [-0.39, 0.29) is 32.9 Å². The molecule has 1 unspecified atom stereocenters. The van der Waals surface area contributed by atoms with Gasteiger partial charge < -0.3 is 10.8 Å².